The second kappa shape index (κ2) is 5.23. The predicted molar refractivity (Wildman–Crippen MR) is 61.2 cm³/mol. The van der Waals surface area contributed by atoms with Crippen molar-refractivity contribution in [2.45, 2.75) is 6.18 Å². The fraction of sp³-hybridized carbons (Fsp3) is 0.0714. The smallest absolute Gasteiger partial charge is 0.288 e. The first-order chi connectivity index (χ1) is 9.71. The molecule has 7 heteroatoms. The van der Waals surface area contributed by atoms with Gasteiger partial charge < -0.3 is 0 Å². The third-order valence-electron chi connectivity index (χ3n) is 2.72. The zero-order valence-electron chi connectivity index (χ0n) is 10.1. The summed E-state index contributed by atoms with van der Waals surface area (Å²) < 4.78 is 77.9. The van der Waals surface area contributed by atoms with E-state index < -0.39 is 46.1 Å². The van der Waals surface area contributed by atoms with Crippen LogP contribution < -0.4 is 0 Å². The van der Waals surface area contributed by atoms with Gasteiger partial charge in [-0.15, -0.1) is 0 Å². The van der Waals surface area contributed by atoms with Crippen molar-refractivity contribution in [2.75, 3.05) is 0 Å². The van der Waals surface area contributed by atoms with Crippen molar-refractivity contribution in [3.05, 3.63) is 70.5 Å². The monoisotopic (exact) mass is 304 g/mol. The number of carbonyl (C=O) groups excluding carboxylic acids is 1. The van der Waals surface area contributed by atoms with Gasteiger partial charge in [0, 0.05) is 0 Å². The largest absolute Gasteiger partial charge is 0.419 e. The third kappa shape index (κ3) is 2.91. The molecule has 21 heavy (non-hydrogen) atoms. The highest BCUT2D eigenvalue weighted by atomic mass is 19.4. The molecule has 0 unspecified atom stereocenters. The summed E-state index contributed by atoms with van der Waals surface area (Å²) >= 11 is 0. The number of rotatable bonds is 2. The quantitative estimate of drug-likeness (QED) is 0.595. The van der Waals surface area contributed by atoms with Crippen LogP contribution in [0.2, 0.25) is 0 Å². The molecule has 2 rings (SSSR count). The van der Waals surface area contributed by atoms with E-state index in [1.807, 2.05) is 0 Å². The second-order valence-corrected chi connectivity index (χ2v) is 4.12. The fourth-order valence-corrected chi connectivity index (χ4v) is 1.74. The fourth-order valence-electron chi connectivity index (χ4n) is 1.74. The summed E-state index contributed by atoms with van der Waals surface area (Å²) in [4.78, 5) is 11.9. The molecule has 0 saturated heterocycles. The lowest BCUT2D eigenvalue weighted by molar-refractivity contribution is -0.140. The molecule has 0 fully saturated rings. The Balaban J connectivity index is 2.57. The Morgan fingerprint density at radius 1 is 0.905 bits per heavy atom. The van der Waals surface area contributed by atoms with E-state index in [-0.39, 0.29) is 0 Å². The maximum Gasteiger partial charge on any atom is 0.419 e. The Hall–Kier alpha value is -2.31. The summed E-state index contributed by atoms with van der Waals surface area (Å²) in [5.41, 5.74) is -3.47. The third-order valence-corrected chi connectivity index (χ3v) is 2.72. The number of ketones is 1. The van der Waals surface area contributed by atoms with Crippen LogP contribution in [0.1, 0.15) is 21.5 Å². The van der Waals surface area contributed by atoms with Gasteiger partial charge in [0.05, 0.1) is 16.7 Å². The zero-order valence-corrected chi connectivity index (χ0v) is 10.1. The SMILES string of the molecule is O=C(c1cc(F)ccc1F)c1cccc(C(F)(F)F)c1F. The summed E-state index contributed by atoms with van der Waals surface area (Å²) in [5.74, 6) is -5.31. The lowest BCUT2D eigenvalue weighted by atomic mass is 9.99. The number of benzene rings is 2. The summed E-state index contributed by atoms with van der Waals surface area (Å²) in [6, 6.07) is 3.90. The van der Waals surface area contributed by atoms with Crippen molar-refractivity contribution in [2.24, 2.45) is 0 Å². The lowest BCUT2D eigenvalue weighted by Gasteiger charge is -2.11. The van der Waals surface area contributed by atoms with Crippen LogP contribution in [0.3, 0.4) is 0 Å². The minimum atomic E-state index is -5.00. The first-order valence-corrected chi connectivity index (χ1v) is 5.57. The molecule has 0 bridgehead atoms. The highest BCUT2D eigenvalue weighted by Crippen LogP contribution is 2.33. The summed E-state index contributed by atoms with van der Waals surface area (Å²) in [6.45, 7) is 0. The minimum Gasteiger partial charge on any atom is -0.288 e. The van der Waals surface area contributed by atoms with Crippen molar-refractivity contribution in [3.63, 3.8) is 0 Å². The molecule has 0 radical (unpaired) electrons. The Morgan fingerprint density at radius 2 is 1.57 bits per heavy atom. The van der Waals surface area contributed by atoms with Gasteiger partial charge in [0.15, 0.2) is 5.78 Å². The summed E-state index contributed by atoms with van der Waals surface area (Å²) in [6.07, 6.45) is -5.00. The number of hydrogen-bond acceptors (Lipinski definition) is 1. The minimum absolute atomic E-state index is 0.452. The Morgan fingerprint density at radius 3 is 2.19 bits per heavy atom. The number of carbonyl (C=O) groups is 1. The van der Waals surface area contributed by atoms with Crippen LogP contribution in [-0.2, 0) is 6.18 Å². The average molecular weight is 304 g/mol. The maximum absolute atomic E-state index is 13.8. The Bertz CT molecular complexity index is 705. The van der Waals surface area contributed by atoms with Crippen LogP contribution in [0.15, 0.2) is 36.4 Å². The first-order valence-electron chi connectivity index (χ1n) is 5.57. The van der Waals surface area contributed by atoms with Gasteiger partial charge in [-0.25, -0.2) is 13.2 Å². The van der Waals surface area contributed by atoms with Gasteiger partial charge in [0.1, 0.15) is 17.5 Å². The molecule has 0 aliphatic carbocycles. The molecular weight excluding hydrogens is 298 g/mol. The van der Waals surface area contributed by atoms with E-state index in [1.54, 1.807) is 0 Å². The van der Waals surface area contributed by atoms with Gasteiger partial charge >= 0.3 is 6.18 Å². The van der Waals surface area contributed by atoms with E-state index in [2.05, 4.69) is 0 Å². The molecule has 0 heterocycles. The van der Waals surface area contributed by atoms with Gasteiger partial charge in [-0.2, -0.15) is 13.2 Å². The molecule has 0 aliphatic heterocycles. The van der Waals surface area contributed by atoms with Crippen molar-refractivity contribution in [1.82, 2.24) is 0 Å². The molecule has 0 atom stereocenters. The molecule has 0 aliphatic rings. The normalized spacial score (nSPS) is 11.5. The van der Waals surface area contributed by atoms with E-state index in [9.17, 15) is 31.1 Å². The van der Waals surface area contributed by atoms with Crippen LogP contribution in [0.4, 0.5) is 26.3 Å². The summed E-state index contributed by atoms with van der Waals surface area (Å²) in [5, 5.41) is 0. The number of alkyl halides is 3. The molecule has 0 amide bonds. The molecule has 2 aromatic carbocycles. The Labute approximate surface area is 114 Å². The molecule has 0 aromatic heterocycles. The maximum atomic E-state index is 13.8. The van der Waals surface area contributed by atoms with E-state index >= 15 is 0 Å². The van der Waals surface area contributed by atoms with E-state index in [0.29, 0.717) is 18.2 Å². The summed E-state index contributed by atoms with van der Waals surface area (Å²) in [7, 11) is 0. The highest BCUT2D eigenvalue weighted by Gasteiger charge is 2.36. The van der Waals surface area contributed by atoms with Crippen molar-refractivity contribution in [1.29, 1.82) is 0 Å². The molecule has 0 N–H and O–H groups in total. The Kier molecular flexibility index (Phi) is 3.76. The van der Waals surface area contributed by atoms with Gasteiger partial charge in [-0.05, 0) is 30.3 Å². The topological polar surface area (TPSA) is 17.1 Å². The van der Waals surface area contributed by atoms with Gasteiger partial charge in [-0.3, -0.25) is 4.79 Å². The first kappa shape index (κ1) is 15.1. The van der Waals surface area contributed by atoms with Crippen LogP contribution in [-0.4, -0.2) is 5.78 Å². The lowest BCUT2D eigenvalue weighted by Crippen LogP contribution is -2.14. The van der Waals surface area contributed by atoms with Crippen LogP contribution in [0.5, 0.6) is 0 Å². The second-order valence-electron chi connectivity index (χ2n) is 4.12. The standard InChI is InChI=1S/C14H6F6O/c15-7-4-5-11(16)9(6-7)13(21)8-2-1-3-10(12(8)17)14(18,19)20/h1-6H. The van der Waals surface area contributed by atoms with E-state index in [1.165, 1.54) is 0 Å². The zero-order chi connectivity index (χ0) is 15.8. The van der Waals surface area contributed by atoms with E-state index in [4.69, 9.17) is 0 Å². The van der Waals surface area contributed by atoms with Crippen LogP contribution in [0, 0.1) is 17.5 Å². The molecule has 0 spiro atoms. The van der Waals surface area contributed by atoms with Crippen molar-refractivity contribution >= 4 is 5.78 Å². The van der Waals surface area contributed by atoms with Crippen LogP contribution in [0.25, 0.3) is 0 Å². The number of halogens is 6. The van der Waals surface area contributed by atoms with Gasteiger partial charge in [0.2, 0.25) is 0 Å². The molecule has 1 nitrogen and oxygen atoms in total. The molecule has 2 aromatic rings. The van der Waals surface area contributed by atoms with Gasteiger partial charge in [-0.1, -0.05) is 6.07 Å². The molecule has 0 saturated carbocycles. The van der Waals surface area contributed by atoms with Crippen molar-refractivity contribution in [3.8, 4) is 0 Å². The van der Waals surface area contributed by atoms with E-state index in [0.717, 1.165) is 18.2 Å². The van der Waals surface area contributed by atoms with Crippen LogP contribution >= 0.6 is 0 Å². The highest BCUT2D eigenvalue weighted by molar-refractivity contribution is 6.09. The number of hydrogen-bond donors (Lipinski definition) is 0. The molecule has 110 valence electrons. The molecular formula is C14H6F6O. The van der Waals surface area contributed by atoms with Gasteiger partial charge in [0.25, 0.3) is 0 Å². The predicted octanol–water partition coefficient (Wildman–Crippen LogP) is 4.35. The van der Waals surface area contributed by atoms with Crippen molar-refractivity contribution < 1.29 is 31.1 Å². The average Bonchev–Trinajstić information content (AvgIpc) is 2.39.